The van der Waals surface area contributed by atoms with E-state index in [1.807, 2.05) is 18.5 Å². The lowest BCUT2D eigenvalue weighted by molar-refractivity contribution is 1.29. The molecule has 0 amide bonds. The minimum absolute atomic E-state index is 0.929. The molecule has 3 heterocycles. The Hall–Kier alpha value is -5.06. The highest BCUT2D eigenvalue weighted by molar-refractivity contribution is 7.02. The molecule has 0 N–H and O–H groups in total. The van der Waals surface area contributed by atoms with Crippen LogP contribution in [0.1, 0.15) is 0 Å². The third kappa shape index (κ3) is 3.72. The smallest absolute Gasteiger partial charge is 0.117 e. The van der Waals surface area contributed by atoms with Gasteiger partial charge in [0.25, 0.3) is 0 Å². The number of fused-ring (bicyclic) bond motifs is 5. The number of aromatic nitrogens is 2. The summed E-state index contributed by atoms with van der Waals surface area (Å²) in [6, 6.07) is 45.9. The van der Waals surface area contributed by atoms with Crippen LogP contribution in [0.4, 0.5) is 17.1 Å². The van der Waals surface area contributed by atoms with Crippen LogP contribution in [0.5, 0.6) is 0 Å². The molecular formula is C38H29N3Si. The van der Waals surface area contributed by atoms with E-state index in [1.165, 1.54) is 38.6 Å². The summed E-state index contributed by atoms with van der Waals surface area (Å²) in [5.41, 5.74) is 10.3. The zero-order valence-corrected chi connectivity index (χ0v) is 24.6. The topological polar surface area (TPSA) is 29.0 Å². The van der Waals surface area contributed by atoms with Gasteiger partial charge in [-0.1, -0.05) is 104 Å². The Bertz CT molecular complexity index is 2070. The molecule has 0 radical (unpaired) electrons. The van der Waals surface area contributed by atoms with E-state index in [0.717, 1.165) is 32.9 Å². The van der Waals surface area contributed by atoms with Crippen molar-refractivity contribution in [2.24, 2.45) is 0 Å². The molecule has 0 atom stereocenters. The average molecular weight is 556 g/mol. The van der Waals surface area contributed by atoms with E-state index in [4.69, 9.17) is 9.97 Å². The lowest BCUT2D eigenvalue weighted by Crippen LogP contribution is -2.58. The standard InChI is InChI=1S/C38H29N3Si/c1-42(2)35-14-8-6-12-33(35)41(34-13-7-9-15-36(34)42)28-18-16-27(17-19-28)30-23-25-40-38-32(30)21-20-31-29(22-24-39-37(31)38)26-10-4-3-5-11-26/h3-25H,1-2H3. The molecule has 42 heavy (non-hydrogen) atoms. The maximum atomic E-state index is 4.82. The van der Waals surface area contributed by atoms with Gasteiger partial charge in [-0.2, -0.15) is 0 Å². The number of hydrogen-bond acceptors (Lipinski definition) is 3. The van der Waals surface area contributed by atoms with Crippen LogP contribution in [0.15, 0.2) is 140 Å². The first kappa shape index (κ1) is 24.7. The van der Waals surface area contributed by atoms with Gasteiger partial charge in [0.05, 0.1) is 11.0 Å². The van der Waals surface area contributed by atoms with Gasteiger partial charge in [0.1, 0.15) is 8.07 Å². The van der Waals surface area contributed by atoms with E-state index in [9.17, 15) is 0 Å². The Kier molecular flexibility index (Phi) is 5.59. The molecule has 0 aliphatic carbocycles. The molecule has 5 aromatic carbocycles. The Morgan fingerprint density at radius 3 is 1.50 bits per heavy atom. The van der Waals surface area contributed by atoms with Gasteiger partial charge in [-0.05, 0) is 69.0 Å². The fraction of sp³-hybridized carbons (Fsp3) is 0.0526. The first-order valence-corrected chi connectivity index (χ1v) is 17.4. The summed E-state index contributed by atoms with van der Waals surface area (Å²) in [5.74, 6) is 0. The van der Waals surface area contributed by atoms with Gasteiger partial charge in [0.15, 0.2) is 0 Å². The molecule has 7 aromatic rings. The fourth-order valence-corrected chi connectivity index (χ4v) is 9.67. The third-order valence-electron chi connectivity index (χ3n) is 8.78. The summed E-state index contributed by atoms with van der Waals surface area (Å²) in [4.78, 5) is 12.0. The van der Waals surface area contributed by atoms with Gasteiger partial charge in [-0.3, -0.25) is 9.97 Å². The van der Waals surface area contributed by atoms with Crippen LogP contribution in [0.25, 0.3) is 44.1 Å². The molecule has 0 saturated heterocycles. The summed E-state index contributed by atoms with van der Waals surface area (Å²) >= 11 is 0. The first-order chi connectivity index (χ1) is 20.6. The molecule has 1 aliphatic heterocycles. The van der Waals surface area contributed by atoms with Crippen LogP contribution < -0.4 is 15.3 Å². The maximum Gasteiger partial charge on any atom is 0.117 e. The van der Waals surface area contributed by atoms with Crippen molar-refractivity contribution in [3.05, 3.63) is 140 Å². The quantitative estimate of drug-likeness (QED) is 0.161. The number of para-hydroxylation sites is 2. The van der Waals surface area contributed by atoms with Crippen LogP contribution in [0.2, 0.25) is 13.1 Å². The van der Waals surface area contributed by atoms with Crippen LogP contribution >= 0.6 is 0 Å². The SMILES string of the molecule is C[Si]1(C)c2ccccc2N(c2ccc(-c3ccnc4c3ccc3c(-c5ccccc5)ccnc34)cc2)c2ccccc21. The Morgan fingerprint density at radius 1 is 0.476 bits per heavy atom. The van der Waals surface area contributed by atoms with E-state index < -0.39 is 8.07 Å². The fourth-order valence-electron chi connectivity index (χ4n) is 6.69. The second-order valence-electron chi connectivity index (χ2n) is 11.5. The predicted molar refractivity (Wildman–Crippen MR) is 179 cm³/mol. The maximum absolute atomic E-state index is 4.82. The molecule has 4 heteroatoms. The van der Waals surface area contributed by atoms with Crippen LogP contribution in [0, 0.1) is 0 Å². The Labute approximate surface area is 246 Å². The molecule has 0 bridgehead atoms. The summed E-state index contributed by atoms with van der Waals surface area (Å²) in [7, 11) is -1.80. The van der Waals surface area contributed by atoms with Crippen molar-refractivity contribution in [1.82, 2.24) is 9.97 Å². The summed E-state index contributed by atoms with van der Waals surface area (Å²) < 4.78 is 0. The van der Waals surface area contributed by atoms with Crippen molar-refractivity contribution in [2.75, 3.05) is 4.90 Å². The zero-order chi connectivity index (χ0) is 28.3. The summed E-state index contributed by atoms with van der Waals surface area (Å²) in [5, 5.41) is 5.17. The van der Waals surface area contributed by atoms with Crippen molar-refractivity contribution in [3.8, 4) is 22.3 Å². The van der Waals surface area contributed by atoms with Gasteiger partial charge in [-0.15, -0.1) is 0 Å². The second-order valence-corrected chi connectivity index (χ2v) is 15.8. The van der Waals surface area contributed by atoms with Gasteiger partial charge in [-0.25, -0.2) is 0 Å². The first-order valence-electron chi connectivity index (χ1n) is 14.4. The van der Waals surface area contributed by atoms with Crippen molar-refractivity contribution in [2.45, 2.75) is 13.1 Å². The number of rotatable bonds is 3. The van der Waals surface area contributed by atoms with E-state index in [-0.39, 0.29) is 0 Å². The van der Waals surface area contributed by atoms with E-state index in [1.54, 1.807) is 0 Å². The molecule has 2 aromatic heterocycles. The van der Waals surface area contributed by atoms with Crippen molar-refractivity contribution in [1.29, 1.82) is 0 Å². The summed E-state index contributed by atoms with van der Waals surface area (Å²) in [6.07, 6.45) is 3.80. The lowest BCUT2D eigenvalue weighted by Gasteiger charge is -2.41. The van der Waals surface area contributed by atoms with Crippen LogP contribution in [-0.4, -0.2) is 18.0 Å². The predicted octanol–water partition coefficient (Wildman–Crippen LogP) is 8.72. The van der Waals surface area contributed by atoms with Crippen LogP contribution in [0.3, 0.4) is 0 Å². The Balaban J connectivity index is 1.24. The van der Waals surface area contributed by atoms with E-state index in [2.05, 4.69) is 139 Å². The molecule has 0 unspecified atom stereocenters. The number of nitrogens with zero attached hydrogens (tertiary/aromatic N) is 3. The van der Waals surface area contributed by atoms with Gasteiger partial charge >= 0.3 is 0 Å². The van der Waals surface area contributed by atoms with E-state index >= 15 is 0 Å². The van der Waals surface area contributed by atoms with Gasteiger partial charge in [0.2, 0.25) is 0 Å². The summed E-state index contributed by atoms with van der Waals surface area (Å²) in [6.45, 7) is 4.92. The number of anilines is 3. The van der Waals surface area contributed by atoms with Crippen molar-refractivity contribution < 1.29 is 0 Å². The molecule has 1 aliphatic rings. The highest BCUT2D eigenvalue weighted by Crippen LogP contribution is 2.40. The molecule has 0 spiro atoms. The minimum Gasteiger partial charge on any atom is -0.311 e. The highest BCUT2D eigenvalue weighted by atomic mass is 28.3. The molecule has 0 fully saturated rings. The Morgan fingerprint density at radius 2 is 0.952 bits per heavy atom. The number of pyridine rings is 2. The number of benzene rings is 5. The van der Waals surface area contributed by atoms with Crippen LogP contribution in [-0.2, 0) is 0 Å². The molecule has 0 saturated carbocycles. The zero-order valence-electron chi connectivity index (χ0n) is 23.6. The minimum atomic E-state index is -1.80. The molecular weight excluding hydrogens is 527 g/mol. The highest BCUT2D eigenvalue weighted by Gasteiger charge is 2.38. The monoisotopic (exact) mass is 555 g/mol. The van der Waals surface area contributed by atoms with Crippen molar-refractivity contribution in [3.63, 3.8) is 0 Å². The molecule has 8 rings (SSSR count). The number of hydrogen-bond donors (Lipinski definition) is 0. The lowest BCUT2D eigenvalue weighted by atomic mass is 9.96. The largest absolute Gasteiger partial charge is 0.311 e. The van der Waals surface area contributed by atoms with Crippen molar-refractivity contribution >= 4 is 57.3 Å². The van der Waals surface area contributed by atoms with E-state index in [0.29, 0.717) is 0 Å². The third-order valence-corrected chi connectivity index (χ3v) is 12.3. The van der Waals surface area contributed by atoms with Gasteiger partial charge < -0.3 is 4.90 Å². The molecule has 3 nitrogen and oxygen atoms in total. The second kappa shape index (κ2) is 9.50. The van der Waals surface area contributed by atoms with Gasteiger partial charge in [0, 0.05) is 40.2 Å². The average Bonchev–Trinajstić information content (AvgIpc) is 3.05. The normalized spacial score (nSPS) is 13.6. The molecule has 200 valence electrons.